The maximum atomic E-state index is 9.01. The van der Waals surface area contributed by atoms with Gasteiger partial charge in [-0.15, -0.1) is 0 Å². The highest BCUT2D eigenvalue weighted by atomic mass is 14.3. The molecule has 0 saturated carbocycles. The topological polar surface area (TPSA) is 47.6 Å². The summed E-state index contributed by atoms with van der Waals surface area (Å²) >= 11 is 0. The maximum absolute atomic E-state index is 9.01. The predicted octanol–water partition coefficient (Wildman–Crippen LogP) is 3.37. The van der Waals surface area contributed by atoms with Crippen molar-refractivity contribution in [2.24, 2.45) is 0 Å². The molecule has 2 rings (SSSR count). The van der Waals surface area contributed by atoms with Crippen molar-refractivity contribution < 1.29 is 0 Å². The van der Waals surface area contributed by atoms with Crippen molar-refractivity contribution in [2.45, 2.75) is 0 Å². The molecule has 0 bridgehead atoms. The molecule has 0 aromatic heterocycles. The summed E-state index contributed by atoms with van der Waals surface area (Å²) in [5.74, 6) is 0. The lowest BCUT2D eigenvalue weighted by atomic mass is 9.96. The zero-order chi connectivity index (χ0) is 11.5. The van der Waals surface area contributed by atoms with Crippen LogP contribution < -0.4 is 0 Å². The lowest BCUT2D eigenvalue weighted by Gasteiger charge is -2.06. The Kier molecular flexibility index (Phi) is 2.53. The van der Waals surface area contributed by atoms with Gasteiger partial charge >= 0.3 is 0 Å². The van der Waals surface area contributed by atoms with Crippen LogP contribution in [0.2, 0.25) is 0 Å². The van der Waals surface area contributed by atoms with Crippen LogP contribution >= 0.6 is 0 Å². The van der Waals surface area contributed by atoms with E-state index in [9.17, 15) is 0 Å². The summed E-state index contributed by atoms with van der Waals surface area (Å²) in [7, 11) is 0. The Morgan fingerprint density at radius 1 is 1.19 bits per heavy atom. The summed E-state index contributed by atoms with van der Waals surface area (Å²) in [5, 5.41) is 18.1. The minimum atomic E-state index is 0.650. The van der Waals surface area contributed by atoms with E-state index in [0.29, 0.717) is 11.1 Å². The van der Waals surface area contributed by atoms with Crippen LogP contribution in [0.25, 0.3) is 16.3 Å². The molecule has 0 amide bonds. The molecular formula is C14H10N2. The SMILES string of the molecule is C=C(C=N)c1ccc(C#N)c2ccccc12. The second kappa shape index (κ2) is 4.00. The number of hydrogen-bond donors (Lipinski definition) is 1. The minimum Gasteiger partial charge on any atom is -0.308 e. The molecule has 76 valence electrons. The zero-order valence-electron chi connectivity index (χ0n) is 8.70. The fraction of sp³-hybridized carbons (Fsp3) is 0. The molecule has 0 spiro atoms. The van der Waals surface area contributed by atoms with Crippen LogP contribution in [0.5, 0.6) is 0 Å². The average Bonchev–Trinajstić information content (AvgIpc) is 2.36. The number of nitrogens with one attached hydrogen (secondary N) is 1. The van der Waals surface area contributed by atoms with E-state index in [-0.39, 0.29) is 0 Å². The first-order valence-electron chi connectivity index (χ1n) is 4.89. The van der Waals surface area contributed by atoms with Gasteiger partial charge in [0.05, 0.1) is 11.6 Å². The van der Waals surface area contributed by atoms with Crippen LogP contribution in [0, 0.1) is 16.7 Å². The lowest BCUT2D eigenvalue weighted by molar-refractivity contribution is 1.50. The number of nitriles is 1. The van der Waals surface area contributed by atoms with Crippen molar-refractivity contribution in [1.29, 1.82) is 10.7 Å². The molecular weight excluding hydrogens is 196 g/mol. The molecule has 0 fully saturated rings. The van der Waals surface area contributed by atoms with Crippen LogP contribution in [0.1, 0.15) is 11.1 Å². The third-order valence-electron chi connectivity index (χ3n) is 2.56. The Hall–Kier alpha value is -2.40. The molecule has 0 saturated heterocycles. The van der Waals surface area contributed by atoms with Crippen molar-refractivity contribution in [3.8, 4) is 6.07 Å². The highest BCUT2D eigenvalue weighted by molar-refractivity contribution is 6.13. The number of rotatable bonds is 2. The first-order valence-corrected chi connectivity index (χ1v) is 4.89. The number of benzene rings is 2. The van der Waals surface area contributed by atoms with Gasteiger partial charge in [0.15, 0.2) is 0 Å². The molecule has 2 aromatic carbocycles. The molecule has 0 aliphatic rings. The number of fused-ring (bicyclic) bond motifs is 1. The third-order valence-corrected chi connectivity index (χ3v) is 2.56. The van der Waals surface area contributed by atoms with Crippen molar-refractivity contribution in [3.63, 3.8) is 0 Å². The van der Waals surface area contributed by atoms with Gasteiger partial charge in [-0.25, -0.2) is 0 Å². The third kappa shape index (κ3) is 1.49. The summed E-state index contributed by atoms with van der Waals surface area (Å²) in [6, 6.07) is 13.5. The second-order valence-electron chi connectivity index (χ2n) is 3.49. The minimum absolute atomic E-state index is 0.650. The Labute approximate surface area is 94.0 Å². The molecule has 0 aliphatic heterocycles. The highest BCUT2D eigenvalue weighted by Crippen LogP contribution is 2.25. The van der Waals surface area contributed by atoms with Crippen LogP contribution in [0.3, 0.4) is 0 Å². The van der Waals surface area contributed by atoms with E-state index in [1.54, 1.807) is 6.07 Å². The summed E-state index contributed by atoms with van der Waals surface area (Å²) in [5.41, 5.74) is 2.21. The molecule has 16 heavy (non-hydrogen) atoms. The molecule has 2 nitrogen and oxygen atoms in total. The molecule has 1 N–H and O–H groups in total. The van der Waals surface area contributed by atoms with Gasteiger partial charge in [-0.2, -0.15) is 5.26 Å². The largest absolute Gasteiger partial charge is 0.308 e. The van der Waals surface area contributed by atoms with Crippen molar-refractivity contribution >= 4 is 22.6 Å². The maximum Gasteiger partial charge on any atom is 0.0998 e. The predicted molar refractivity (Wildman–Crippen MR) is 66.5 cm³/mol. The van der Waals surface area contributed by atoms with E-state index >= 15 is 0 Å². The van der Waals surface area contributed by atoms with Crippen LogP contribution in [0.4, 0.5) is 0 Å². The van der Waals surface area contributed by atoms with E-state index in [1.807, 2.05) is 30.3 Å². The normalized spacial score (nSPS) is 9.69. The van der Waals surface area contributed by atoms with Gasteiger partial charge in [-0.1, -0.05) is 36.9 Å². The van der Waals surface area contributed by atoms with E-state index in [1.165, 1.54) is 6.21 Å². The van der Waals surface area contributed by atoms with Gasteiger partial charge in [0.25, 0.3) is 0 Å². The molecule has 0 aliphatic carbocycles. The van der Waals surface area contributed by atoms with Crippen molar-refractivity contribution in [1.82, 2.24) is 0 Å². The lowest BCUT2D eigenvalue weighted by Crippen LogP contribution is -1.88. The molecule has 0 radical (unpaired) electrons. The van der Waals surface area contributed by atoms with Gasteiger partial charge in [-0.3, -0.25) is 0 Å². The van der Waals surface area contributed by atoms with Gasteiger partial charge < -0.3 is 5.41 Å². The van der Waals surface area contributed by atoms with Gasteiger partial charge in [0.2, 0.25) is 0 Å². The highest BCUT2D eigenvalue weighted by Gasteiger charge is 2.06. The Morgan fingerprint density at radius 3 is 2.50 bits per heavy atom. The molecule has 0 heterocycles. The van der Waals surface area contributed by atoms with Crippen molar-refractivity contribution in [3.05, 3.63) is 54.1 Å². The van der Waals surface area contributed by atoms with E-state index in [0.717, 1.165) is 16.3 Å². The summed E-state index contributed by atoms with van der Waals surface area (Å²) in [6.07, 6.45) is 1.23. The summed E-state index contributed by atoms with van der Waals surface area (Å²) < 4.78 is 0. The number of nitrogens with zero attached hydrogens (tertiary/aromatic N) is 1. The summed E-state index contributed by atoms with van der Waals surface area (Å²) in [4.78, 5) is 0. The number of hydrogen-bond acceptors (Lipinski definition) is 2. The van der Waals surface area contributed by atoms with Gasteiger partial charge in [0.1, 0.15) is 0 Å². The first-order chi connectivity index (χ1) is 7.77. The monoisotopic (exact) mass is 206 g/mol. The zero-order valence-corrected chi connectivity index (χ0v) is 8.70. The van der Waals surface area contributed by atoms with Crippen LogP contribution in [-0.4, -0.2) is 6.21 Å². The molecule has 2 aromatic rings. The van der Waals surface area contributed by atoms with Crippen LogP contribution in [0.15, 0.2) is 43.0 Å². The Bertz CT molecular complexity index is 618. The van der Waals surface area contributed by atoms with Crippen LogP contribution in [-0.2, 0) is 0 Å². The van der Waals surface area contributed by atoms with E-state index in [2.05, 4.69) is 12.6 Å². The quantitative estimate of drug-likeness (QED) is 0.752. The Balaban J connectivity index is 2.86. The standard InChI is InChI=1S/C14H10N2/c1-10(8-15)12-7-6-11(9-16)13-4-2-3-5-14(12)13/h2-8,15H,1H2. The fourth-order valence-corrected chi connectivity index (χ4v) is 1.75. The number of allylic oxidation sites excluding steroid dienone is 1. The average molecular weight is 206 g/mol. The molecule has 0 unspecified atom stereocenters. The van der Waals surface area contributed by atoms with Gasteiger partial charge in [0, 0.05) is 11.6 Å². The Morgan fingerprint density at radius 2 is 1.88 bits per heavy atom. The summed E-state index contributed by atoms with van der Waals surface area (Å²) in [6.45, 7) is 3.82. The molecule has 2 heteroatoms. The molecule has 0 atom stereocenters. The van der Waals surface area contributed by atoms with E-state index < -0.39 is 0 Å². The van der Waals surface area contributed by atoms with E-state index in [4.69, 9.17) is 10.7 Å². The smallest absolute Gasteiger partial charge is 0.0998 e. The van der Waals surface area contributed by atoms with Gasteiger partial charge in [-0.05, 0) is 22.6 Å². The van der Waals surface area contributed by atoms with Crippen molar-refractivity contribution in [2.75, 3.05) is 0 Å². The second-order valence-corrected chi connectivity index (χ2v) is 3.49. The first kappa shape index (κ1) is 10.1. The fourth-order valence-electron chi connectivity index (χ4n) is 1.75.